The first-order chi connectivity index (χ1) is 8.22. The zero-order valence-corrected chi connectivity index (χ0v) is 9.89. The Hall–Kier alpha value is -1.59. The Morgan fingerprint density at radius 3 is 3.06 bits per heavy atom. The third-order valence-electron chi connectivity index (χ3n) is 2.32. The summed E-state index contributed by atoms with van der Waals surface area (Å²) >= 11 is 0. The summed E-state index contributed by atoms with van der Waals surface area (Å²) in [5.74, 6) is -0.285. The number of rotatable bonds is 7. The third-order valence-corrected chi connectivity index (χ3v) is 2.32. The van der Waals surface area contributed by atoms with Crippen LogP contribution >= 0.6 is 0 Å². The Labute approximate surface area is 100 Å². The van der Waals surface area contributed by atoms with E-state index >= 15 is 0 Å². The number of hydrogen-bond acceptors (Lipinski definition) is 5. The summed E-state index contributed by atoms with van der Waals surface area (Å²) in [6, 6.07) is 1.72. The van der Waals surface area contributed by atoms with E-state index in [9.17, 15) is 4.79 Å². The fraction of sp³-hybridized carbons (Fsp3) is 0.417. The highest BCUT2D eigenvalue weighted by Gasteiger charge is 2.17. The van der Waals surface area contributed by atoms with Crippen LogP contribution in [-0.2, 0) is 11.3 Å². The summed E-state index contributed by atoms with van der Waals surface area (Å²) in [5.41, 5.74) is 0.743. The topological polar surface area (TPSA) is 62.9 Å². The molecule has 0 aliphatic rings. The van der Waals surface area contributed by atoms with E-state index in [1.54, 1.807) is 12.1 Å². The van der Waals surface area contributed by atoms with Gasteiger partial charge in [0.1, 0.15) is 0 Å². The standard InChI is InChI=1S/C12H17NO4/c1-3-5-13(6-7-14)9-10-4-8-17-11(10)12(15)16-2/h3-4,8,14H,1,5-7,9H2,2H3. The van der Waals surface area contributed by atoms with Crippen LogP contribution in [0.15, 0.2) is 29.4 Å². The molecular weight excluding hydrogens is 222 g/mol. The number of esters is 1. The predicted octanol–water partition coefficient (Wildman–Crippen LogP) is 1.05. The molecule has 0 amide bonds. The molecule has 0 saturated carbocycles. The number of methoxy groups -OCH3 is 1. The SMILES string of the molecule is C=CCN(CCO)Cc1ccoc1C(=O)OC. The number of aliphatic hydroxyl groups is 1. The third kappa shape index (κ3) is 3.72. The van der Waals surface area contributed by atoms with Gasteiger partial charge in [-0.1, -0.05) is 6.08 Å². The molecule has 5 nitrogen and oxygen atoms in total. The van der Waals surface area contributed by atoms with E-state index in [4.69, 9.17) is 9.52 Å². The normalized spacial score (nSPS) is 10.5. The lowest BCUT2D eigenvalue weighted by molar-refractivity contribution is 0.0561. The summed E-state index contributed by atoms with van der Waals surface area (Å²) in [6.07, 6.45) is 3.19. The van der Waals surface area contributed by atoms with Gasteiger partial charge in [-0.2, -0.15) is 0 Å². The van der Waals surface area contributed by atoms with Crippen LogP contribution in [-0.4, -0.2) is 42.8 Å². The summed E-state index contributed by atoms with van der Waals surface area (Å²) in [5, 5.41) is 8.93. The summed E-state index contributed by atoms with van der Waals surface area (Å²) < 4.78 is 9.70. The molecule has 17 heavy (non-hydrogen) atoms. The Balaban J connectivity index is 2.74. The van der Waals surface area contributed by atoms with Gasteiger partial charge in [-0.25, -0.2) is 4.79 Å². The van der Waals surface area contributed by atoms with Gasteiger partial charge >= 0.3 is 5.97 Å². The first-order valence-electron chi connectivity index (χ1n) is 5.31. The molecule has 1 rings (SSSR count). The monoisotopic (exact) mass is 239 g/mol. The molecule has 0 unspecified atom stereocenters. The number of hydrogen-bond donors (Lipinski definition) is 1. The van der Waals surface area contributed by atoms with Crippen molar-refractivity contribution in [3.8, 4) is 0 Å². The lowest BCUT2D eigenvalue weighted by Crippen LogP contribution is -2.27. The second kappa shape index (κ2) is 6.88. The molecule has 1 N–H and O–H groups in total. The van der Waals surface area contributed by atoms with Crippen LogP contribution in [0.5, 0.6) is 0 Å². The molecule has 5 heteroatoms. The van der Waals surface area contributed by atoms with Crippen molar-refractivity contribution in [3.05, 3.63) is 36.3 Å². The van der Waals surface area contributed by atoms with Gasteiger partial charge in [-0.3, -0.25) is 4.90 Å². The molecule has 0 bridgehead atoms. The lowest BCUT2D eigenvalue weighted by atomic mass is 10.2. The Morgan fingerprint density at radius 2 is 2.47 bits per heavy atom. The lowest BCUT2D eigenvalue weighted by Gasteiger charge is -2.18. The van der Waals surface area contributed by atoms with Crippen molar-refractivity contribution in [2.45, 2.75) is 6.54 Å². The van der Waals surface area contributed by atoms with Crippen molar-refractivity contribution in [2.75, 3.05) is 26.8 Å². The zero-order valence-electron chi connectivity index (χ0n) is 9.89. The van der Waals surface area contributed by atoms with Gasteiger partial charge < -0.3 is 14.3 Å². The highest BCUT2D eigenvalue weighted by atomic mass is 16.5. The number of aliphatic hydroxyl groups excluding tert-OH is 1. The second-order valence-electron chi connectivity index (χ2n) is 3.51. The van der Waals surface area contributed by atoms with E-state index in [0.29, 0.717) is 19.6 Å². The predicted molar refractivity (Wildman–Crippen MR) is 62.6 cm³/mol. The van der Waals surface area contributed by atoms with Gasteiger partial charge in [0.05, 0.1) is 20.0 Å². The number of nitrogens with zero attached hydrogens (tertiary/aromatic N) is 1. The van der Waals surface area contributed by atoms with Crippen molar-refractivity contribution < 1.29 is 19.1 Å². The Kier molecular flexibility index (Phi) is 5.45. The minimum absolute atomic E-state index is 0.0548. The van der Waals surface area contributed by atoms with Crippen molar-refractivity contribution in [1.82, 2.24) is 4.90 Å². The quantitative estimate of drug-likeness (QED) is 0.569. The first-order valence-corrected chi connectivity index (χ1v) is 5.31. The number of furan rings is 1. The van der Waals surface area contributed by atoms with Crippen molar-refractivity contribution in [3.63, 3.8) is 0 Å². The van der Waals surface area contributed by atoms with Gasteiger partial charge in [0.2, 0.25) is 5.76 Å². The maximum atomic E-state index is 11.4. The average Bonchev–Trinajstić information content (AvgIpc) is 2.77. The molecule has 0 aliphatic carbocycles. The van der Waals surface area contributed by atoms with E-state index < -0.39 is 5.97 Å². The molecule has 1 aromatic heterocycles. The molecule has 94 valence electrons. The first kappa shape index (κ1) is 13.5. The van der Waals surface area contributed by atoms with Crippen LogP contribution < -0.4 is 0 Å². The van der Waals surface area contributed by atoms with Gasteiger partial charge in [-0.15, -0.1) is 6.58 Å². The fourth-order valence-electron chi connectivity index (χ4n) is 1.53. The molecule has 1 aromatic rings. The number of carbonyl (C=O) groups excluding carboxylic acids is 1. The van der Waals surface area contributed by atoms with E-state index in [1.165, 1.54) is 13.4 Å². The molecule has 0 aromatic carbocycles. The van der Waals surface area contributed by atoms with Crippen LogP contribution in [0.4, 0.5) is 0 Å². The van der Waals surface area contributed by atoms with E-state index in [2.05, 4.69) is 11.3 Å². The zero-order chi connectivity index (χ0) is 12.7. The summed E-state index contributed by atoms with van der Waals surface area (Å²) in [4.78, 5) is 13.3. The smallest absolute Gasteiger partial charge is 0.374 e. The van der Waals surface area contributed by atoms with Gasteiger partial charge in [0, 0.05) is 25.2 Å². The number of carbonyl (C=O) groups is 1. The molecule has 1 heterocycles. The van der Waals surface area contributed by atoms with Gasteiger partial charge in [-0.05, 0) is 6.07 Å². The molecule has 0 saturated heterocycles. The highest BCUT2D eigenvalue weighted by molar-refractivity contribution is 5.87. The van der Waals surface area contributed by atoms with E-state index in [1.807, 2.05) is 4.90 Å². The average molecular weight is 239 g/mol. The molecule has 0 fully saturated rings. The van der Waals surface area contributed by atoms with E-state index in [-0.39, 0.29) is 12.4 Å². The van der Waals surface area contributed by atoms with Crippen LogP contribution in [0, 0.1) is 0 Å². The van der Waals surface area contributed by atoms with Gasteiger partial charge in [0.25, 0.3) is 0 Å². The Morgan fingerprint density at radius 1 is 1.71 bits per heavy atom. The van der Waals surface area contributed by atoms with Crippen molar-refractivity contribution in [1.29, 1.82) is 0 Å². The van der Waals surface area contributed by atoms with E-state index in [0.717, 1.165) is 5.56 Å². The maximum absolute atomic E-state index is 11.4. The largest absolute Gasteiger partial charge is 0.463 e. The summed E-state index contributed by atoms with van der Waals surface area (Å²) in [6.45, 7) is 5.35. The second-order valence-corrected chi connectivity index (χ2v) is 3.51. The van der Waals surface area contributed by atoms with Crippen LogP contribution in [0.25, 0.3) is 0 Å². The van der Waals surface area contributed by atoms with Crippen LogP contribution in [0.1, 0.15) is 16.1 Å². The Bertz CT molecular complexity index is 372. The van der Waals surface area contributed by atoms with Crippen molar-refractivity contribution in [2.24, 2.45) is 0 Å². The molecular formula is C12H17NO4. The van der Waals surface area contributed by atoms with Crippen LogP contribution in [0.2, 0.25) is 0 Å². The molecule has 0 spiro atoms. The van der Waals surface area contributed by atoms with Crippen LogP contribution in [0.3, 0.4) is 0 Å². The fourth-order valence-corrected chi connectivity index (χ4v) is 1.53. The molecule has 0 atom stereocenters. The summed E-state index contributed by atoms with van der Waals surface area (Å²) in [7, 11) is 1.31. The molecule has 0 radical (unpaired) electrons. The number of ether oxygens (including phenoxy) is 1. The van der Waals surface area contributed by atoms with Gasteiger partial charge in [0.15, 0.2) is 0 Å². The maximum Gasteiger partial charge on any atom is 0.374 e. The molecule has 0 aliphatic heterocycles. The minimum atomic E-state index is -0.493. The minimum Gasteiger partial charge on any atom is -0.463 e. The highest BCUT2D eigenvalue weighted by Crippen LogP contribution is 2.14. The van der Waals surface area contributed by atoms with Crippen molar-refractivity contribution >= 4 is 5.97 Å².